The summed E-state index contributed by atoms with van der Waals surface area (Å²) >= 11 is 0. The molecule has 3 heterocycles. The van der Waals surface area contributed by atoms with Crippen LogP contribution in [-0.4, -0.2) is 61.4 Å². The highest BCUT2D eigenvalue weighted by molar-refractivity contribution is 6.26. The fraction of sp³-hybridized carbons (Fsp3) is 0.556. The first-order chi connectivity index (χ1) is 16.2. The summed E-state index contributed by atoms with van der Waals surface area (Å²) in [6, 6.07) is 14.0. The Kier molecular flexibility index (Phi) is 8.71. The predicted molar refractivity (Wildman–Crippen MR) is 134 cm³/mol. The number of quaternary nitrogens is 1. The highest BCUT2D eigenvalue weighted by atomic mass is 16.5. The molecule has 5 rings (SSSR count). The Balaban J connectivity index is 1.06. The molecule has 0 atom stereocenters. The number of fused-ring (bicyclic) bond motifs is 3. The lowest BCUT2D eigenvalue weighted by Crippen LogP contribution is -2.60. The zero-order valence-corrected chi connectivity index (χ0v) is 19.8. The molecular formula is C27H39BN2O3+. The Bertz CT molecular complexity index is 852. The molecule has 5 nitrogen and oxygen atoms in total. The Morgan fingerprint density at radius 2 is 1.67 bits per heavy atom. The van der Waals surface area contributed by atoms with Gasteiger partial charge < -0.3 is 24.7 Å². The Labute approximate surface area is 199 Å². The third-order valence-electron chi connectivity index (χ3n) is 7.50. The van der Waals surface area contributed by atoms with Crippen LogP contribution < -0.4 is 10.1 Å². The molecule has 3 saturated heterocycles. The highest BCUT2D eigenvalue weighted by Gasteiger charge is 2.40. The second kappa shape index (κ2) is 11.9. The fourth-order valence-corrected chi connectivity index (χ4v) is 5.31. The van der Waals surface area contributed by atoms with Gasteiger partial charge in [0, 0.05) is 11.9 Å². The minimum atomic E-state index is -0.129. The average Bonchev–Trinajstić information content (AvgIpc) is 2.87. The van der Waals surface area contributed by atoms with Gasteiger partial charge in [-0.3, -0.25) is 0 Å². The fourth-order valence-electron chi connectivity index (χ4n) is 5.31. The second-order valence-corrected chi connectivity index (χ2v) is 9.81. The van der Waals surface area contributed by atoms with Crippen LogP contribution in [0.15, 0.2) is 42.5 Å². The van der Waals surface area contributed by atoms with Gasteiger partial charge in [0.05, 0.1) is 32.8 Å². The number of nitrogens with one attached hydrogen (secondary N) is 1. The summed E-state index contributed by atoms with van der Waals surface area (Å²) in [6.45, 7) is 6.53. The summed E-state index contributed by atoms with van der Waals surface area (Å²) in [4.78, 5) is 0. The summed E-state index contributed by atoms with van der Waals surface area (Å²) in [5, 5.41) is 22.4. The van der Waals surface area contributed by atoms with Crippen molar-refractivity contribution in [3.05, 3.63) is 59.2 Å². The van der Waals surface area contributed by atoms with Gasteiger partial charge in [0.25, 0.3) is 0 Å². The van der Waals surface area contributed by atoms with E-state index < -0.39 is 0 Å². The molecule has 0 aromatic heterocycles. The van der Waals surface area contributed by atoms with Crippen molar-refractivity contribution in [2.75, 3.05) is 39.3 Å². The molecule has 0 amide bonds. The van der Waals surface area contributed by atoms with Gasteiger partial charge in [-0.2, -0.15) is 0 Å². The van der Waals surface area contributed by atoms with Crippen LogP contribution in [0.3, 0.4) is 0 Å². The first-order valence-corrected chi connectivity index (χ1v) is 12.7. The summed E-state index contributed by atoms with van der Waals surface area (Å²) in [6.07, 6.45) is 8.30. The number of hydrogen-bond acceptors (Lipinski definition) is 4. The molecule has 177 valence electrons. The third kappa shape index (κ3) is 6.98. The number of aliphatic hydroxyl groups excluding tert-OH is 1. The summed E-state index contributed by atoms with van der Waals surface area (Å²) in [7, 11) is 2.52. The van der Waals surface area contributed by atoms with Crippen LogP contribution in [0.25, 0.3) is 0 Å². The van der Waals surface area contributed by atoms with E-state index >= 15 is 0 Å². The smallest absolute Gasteiger partial charge is 0.449 e. The van der Waals surface area contributed by atoms with E-state index in [4.69, 9.17) is 4.74 Å². The number of aliphatic hydroxyl groups is 1. The molecule has 3 aliphatic rings. The van der Waals surface area contributed by atoms with Crippen molar-refractivity contribution in [2.45, 2.75) is 51.5 Å². The van der Waals surface area contributed by atoms with E-state index in [9.17, 15) is 10.2 Å². The molecule has 33 heavy (non-hydrogen) atoms. The minimum Gasteiger partial charge on any atom is -0.508 e. The van der Waals surface area contributed by atoms with Crippen molar-refractivity contribution >= 4 is 7.41 Å². The maximum absolute atomic E-state index is 9.64. The van der Waals surface area contributed by atoms with Crippen LogP contribution in [-0.2, 0) is 19.4 Å². The molecule has 3 fully saturated rings. The summed E-state index contributed by atoms with van der Waals surface area (Å²) in [5.74, 6) is 2.14. The lowest BCUT2D eigenvalue weighted by molar-refractivity contribution is -0.841. The summed E-state index contributed by atoms with van der Waals surface area (Å²) < 4.78 is 7.22. The van der Waals surface area contributed by atoms with Crippen molar-refractivity contribution < 1.29 is 19.3 Å². The molecule has 0 aliphatic carbocycles. The third-order valence-corrected chi connectivity index (χ3v) is 7.50. The van der Waals surface area contributed by atoms with Crippen LogP contribution in [0.2, 0.25) is 6.32 Å². The number of benzene rings is 2. The summed E-state index contributed by atoms with van der Waals surface area (Å²) in [5.41, 5.74) is 3.06. The maximum atomic E-state index is 9.64. The van der Waals surface area contributed by atoms with Crippen LogP contribution in [0.4, 0.5) is 0 Å². The van der Waals surface area contributed by atoms with Crippen molar-refractivity contribution in [3.8, 4) is 11.5 Å². The number of phenols is 1. The van der Waals surface area contributed by atoms with E-state index in [2.05, 4.69) is 37.0 Å². The minimum absolute atomic E-state index is 0.129. The van der Waals surface area contributed by atoms with Gasteiger partial charge in [-0.25, -0.2) is 0 Å². The topological polar surface area (TPSA) is 61.7 Å². The number of rotatable bonds is 13. The number of aromatic hydroxyl groups is 1. The molecule has 2 bridgehead atoms. The zero-order valence-electron chi connectivity index (χ0n) is 19.8. The molecule has 1 radical (unpaired) electrons. The molecule has 3 N–H and O–H groups in total. The molecular weight excluding hydrogens is 411 g/mol. The Hall–Kier alpha value is -2.02. The first kappa shape index (κ1) is 24.1. The first-order valence-electron chi connectivity index (χ1n) is 12.7. The normalized spacial score (nSPS) is 21.8. The largest absolute Gasteiger partial charge is 0.508 e. The van der Waals surface area contributed by atoms with Crippen LogP contribution in [0.5, 0.6) is 11.5 Å². The molecule has 2 aromatic carbocycles. The lowest BCUT2D eigenvalue weighted by Gasteiger charge is -2.49. The maximum Gasteiger partial charge on any atom is 0.449 e. The van der Waals surface area contributed by atoms with E-state index in [0.717, 1.165) is 62.5 Å². The van der Waals surface area contributed by atoms with E-state index in [1.807, 2.05) is 12.1 Å². The van der Waals surface area contributed by atoms with Crippen LogP contribution in [0.1, 0.15) is 42.4 Å². The van der Waals surface area contributed by atoms with Gasteiger partial charge >= 0.3 is 7.41 Å². The zero-order chi connectivity index (χ0) is 22.9. The standard InChI is InChI=1S/C27H39BN2O3/c31-21-25-20-24(5-8-27(25)32)9-15-29-14-1-2-22-3-6-26(7-4-22)33-19-13-28-30-16-10-23(11-17-30)12-18-30/h3-8,20,23,29,31-32H,1-2,9-19,21H2/q+1. The van der Waals surface area contributed by atoms with Gasteiger partial charge in [0.2, 0.25) is 0 Å². The SMILES string of the molecule is OCc1cc(CCNCCCc2ccc(OCC[B][N+]34CCC(CC3)CC4)cc2)ccc1O. The molecule has 0 saturated carbocycles. The van der Waals surface area contributed by atoms with Crippen LogP contribution in [0, 0.1) is 5.92 Å². The molecule has 2 aromatic rings. The number of hydrogen-bond donors (Lipinski definition) is 3. The van der Waals surface area contributed by atoms with E-state index in [1.165, 1.54) is 48.9 Å². The van der Waals surface area contributed by atoms with E-state index in [0.29, 0.717) is 5.56 Å². The number of piperidine rings is 3. The van der Waals surface area contributed by atoms with Crippen molar-refractivity contribution in [2.24, 2.45) is 5.92 Å². The van der Waals surface area contributed by atoms with E-state index in [-0.39, 0.29) is 12.4 Å². The second-order valence-electron chi connectivity index (χ2n) is 9.81. The van der Waals surface area contributed by atoms with Crippen LogP contribution >= 0.6 is 0 Å². The van der Waals surface area contributed by atoms with Gasteiger partial charge in [0.15, 0.2) is 0 Å². The number of nitrogens with zero attached hydrogens (tertiary/aromatic N) is 1. The molecule has 6 heteroatoms. The van der Waals surface area contributed by atoms with Crippen molar-refractivity contribution in [1.29, 1.82) is 0 Å². The molecule has 0 spiro atoms. The van der Waals surface area contributed by atoms with Crippen molar-refractivity contribution in [1.82, 2.24) is 5.32 Å². The Morgan fingerprint density at radius 3 is 2.39 bits per heavy atom. The lowest BCUT2D eigenvalue weighted by atomic mass is 9.73. The average molecular weight is 450 g/mol. The molecule has 0 unspecified atom stereocenters. The highest BCUT2D eigenvalue weighted by Crippen LogP contribution is 2.33. The van der Waals surface area contributed by atoms with Gasteiger partial charge in [-0.1, -0.05) is 18.2 Å². The Morgan fingerprint density at radius 1 is 0.939 bits per heavy atom. The quantitative estimate of drug-likeness (QED) is 0.322. The van der Waals surface area contributed by atoms with Crippen molar-refractivity contribution in [3.63, 3.8) is 0 Å². The number of aryl methyl sites for hydroxylation is 1. The van der Waals surface area contributed by atoms with Gasteiger partial charge in [-0.15, -0.1) is 0 Å². The monoisotopic (exact) mass is 450 g/mol. The molecule has 3 aliphatic heterocycles. The predicted octanol–water partition coefficient (Wildman–Crippen LogP) is 3.70. The van der Waals surface area contributed by atoms with E-state index in [1.54, 1.807) is 6.07 Å². The van der Waals surface area contributed by atoms with Gasteiger partial charge in [0.1, 0.15) is 11.5 Å². The number of ether oxygens (including phenoxy) is 1. The van der Waals surface area contributed by atoms with Gasteiger partial charge in [-0.05, 0) is 92.9 Å².